The van der Waals surface area contributed by atoms with Crippen LogP contribution in [-0.4, -0.2) is 44.7 Å². The Morgan fingerprint density at radius 3 is 2.79 bits per heavy atom. The number of carbonyl (C=O) groups excluding carboxylic acids is 1. The Balaban J connectivity index is 1.52. The number of rotatable bonds is 5. The van der Waals surface area contributed by atoms with Gasteiger partial charge in [-0.05, 0) is 58.6 Å². The summed E-state index contributed by atoms with van der Waals surface area (Å²) < 4.78 is 15.8. The van der Waals surface area contributed by atoms with Crippen molar-refractivity contribution in [2.24, 2.45) is 7.05 Å². The van der Waals surface area contributed by atoms with Crippen molar-refractivity contribution in [1.82, 2.24) is 19.7 Å². The molecule has 1 aliphatic heterocycles. The largest absolute Gasteiger partial charge is 0.368 e. The van der Waals surface area contributed by atoms with Crippen molar-refractivity contribution in [3.05, 3.63) is 64.8 Å². The zero-order valence-corrected chi connectivity index (χ0v) is 17.6. The third kappa shape index (κ3) is 4.32. The van der Waals surface area contributed by atoms with Gasteiger partial charge < -0.3 is 10.2 Å². The number of nitrogens with zero attached hydrogens (tertiary/aromatic N) is 4. The van der Waals surface area contributed by atoms with Crippen LogP contribution in [0.1, 0.15) is 23.3 Å². The fourth-order valence-electron chi connectivity index (χ4n) is 3.64. The molecule has 0 spiro atoms. The number of pyridine rings is 1. The zero-order valence-electron chi connectivity index (χ0n) is 16.0. The third-order valence-electron chi connectivity index (χ3n) is 5.07. The van der Waals surface area contributed by atoms with Crippen LogP contribution in [0.3, 0.4) is 0 Å². The lowest BCUT2D eigenvalue weighted by atomic mass is 10.1. The first-order valence-corrected chi connectivity index (χ1v) is 10.3. The summed E-state index contributed by atoms with van der Waals surface area (Å²) in [6, 6.07) is 10.0. The molecule has 1 atom stereocenters. The van der Waals surface area contributed by atoms with Crippen LogP contribution in [0.15, 0.2) is 53.3 Å². The summed E-state index contributed by atoms with van der Waals surface area (Å²) in [5.41, 5.74) is 1.88. The number of anilines is 1. The molecule has 1 amide bonds. The highest BCUT2D eigenvalue weighted by molar-refractivity contribution is 9.10. The van der Waals surface area contributed by atoms with Gasteiger partial charge in [-0.2, -0.15) is 5.10 Å². The third-order valence-corrected chi connectivity index (χ3v) is 5.54. The van der Waals surface area contributed by atoms with Crippen LogP contribution in [0.4, 0.5) is 10.2 Å². The Bertz CT molecular complexity index is 1000. The maximum atomic E-state index is 13.3. The molecule has 1 aliphatic rings. The number of benzene rings is 1. The first-order chi connectivity index (χ1) is 14.0. The summed E-state index contributed by atoms with van der Waals surface area (Å²) in [4.78, 5) is 19.5. The predicted molar refractivity (Wildman–Crippen MR) is 113 cm³/mol. The lowest BCUT2D eigenvalue weighted by Crippen LogP contribution is -2.40. The molecule has 0 radical (unpaired) electrons. The quantitative estimate of drug-likeness (QED) is 0.626. The summed E-state index contributed by atoms with van der Waals surface area (Å²) in [5.74, 6) is 0.369. The van der Waals surface area contributed by atoms with Gasteiger partial charge in [0.05, 0.1) is 0 Å². The van der Waals surface area contributed by atoms with Crippen LogP contribution < -0.4 is 5.32 Å². The van der Waals surface area contributed by atoms with Crippen LogP contribution in [0, 0.1) is 5.82 Å². The average molecular weight is 458 g/mol. The first-order valence-electron chi connectivity index (χ1n) is 9.47. The van der Waals surface area contributed by atoms with Gasteiger partial charge >= 0.3 is 0 Å². The van der Waals surface area contributed by atoms with Gasteiger partial charge in [0.15, 0.2) is 5.69 Å². The molecule has 4 rings (SSSR count). The van der Waals surface area contributed by atoms with Gasteiger partial charge in [-0.1, -0.05) is 12.1 Å². The second-order valence-corrected chi connectivity index (χ2v) is 8.02. The van der Waals surface area contributed by atoms with E-state index in [0.717, 1.165) is 28.7 Å². The Kier molecular flexibility index (Phi) is 5.62. The van der Waals surface area contributed by atoms with E-state index < -0.39 is 0 Å². The minimum Gasteiger partial charge on any atom is -0.368 e. The molecule has 150 valence electrons. The van der Waals surface area contributed by atoms with Crippen LogP contribution in [0.5, 0.6) is 0 Å². The molecule has 8 heteroatoms. The van der Waals surface area contributed by atoms with Gasteiger partial charge in [0, 0.05) is 48.6 Å². The van der Waals surface area contributed by atoms with E-state index in [1.54, 1.807) is 36.3 Å². The van der Waals surface area contributed by atoms with Crippen LogP contribution in [0.2, 0.25) is 0 Å². The molecule has 0 aliphatic carbocycles. The summed E-state index contributed by atoms with van der Waals surface area (Å²) in [7, 11) is 1.78. The molecule has 1 N–H and O–H groups in total. The van der Waals surface area contributed by atoms with E-state index in [1.165, 1.54) is 12.1 Å². The maximum absolute atomic E-state index is 13.3. The molecule has 0 saturated carbocycles. The molecular weight excluding hydrogens is 437 g/mol. The molecule has 3 aromatic rings. The number of halogens is 2. The minimum atomic E-state index is -0.308. The summed E-state index contributed by atoms with van der Waals surface area (Å²) in [6.45, 7) is 1.32. The van der Waals surface area contributed by atoms with Crippen molar-refractivity contribution < 1.29 is 9.18 Å². The Morgan fingerprint density at radius 1 is 1.28 bits per heavy atom. The number of aromatic nitrogens is 3. The molecule has 0 bridgehead atoms. The van der Waals surface area contributed by atoms with Gasteiger partial charge in [-0.25, -0.2) is 9.37 Å². The number of nitrogens with one attached hydrogen (secondary N) is 1. The standard InChI is InChI=1S/C21H21BrFN5O/c1-27-13-18(14-4-7-16(23)8-5-14)20(26-27)21(29)28-10-2-3-17(28)12-25-19-9-6-15(22)11-24-19/h4-9,11,13,17H,2-3,10,12H2,1H3,(H,24,25). The minimum absolute atomic E-state index is 0.0658. The van der Waals surface area contributed by atoms with Crippen molar-refractivity contribution in [3.63, 3.8) is 0 Å². The Hall–Kier alpha value is -2.74. The number of amides is 1. The predicted octanol–water partition coefficient (Wildman–Crippen LogP) is 4.10. The van der Waals surface area contributed by atoms with E-state index in [0.29, 0.717) is 24.3 Å². The normalized spacial score (nSPS) is 16.2. The fourth-order valence-corrected chi connectivity index (χ4v) is 3.88. The van der Waals surface area contributed by atoms with E-state index in [9.17, 15) is 9.18 Å². The topological polar surface area (TPSA) is 63.1 Å². The van der Waals surface area contributed by atoms with Crippen LogP contribution in [0.25, 0.3) is 11.1 Å². The number of carbonyl (C=O) groups is 1. The van der Waals surface area contributed by atoms with Gasteiger partial charge in [-0.15, -0.1) is 0 Å². The van der Waals surface area contributed by atoms with Gasteiger partial charge in [0.2, 0.25) is 0 Å². The van der Waals surface area contributed by atoms with E-state index >= 15 is 0 Å². The molecule has 1 saturated heterocycles. The average Bonchev–Trinajstić information content (AvgIpc) is 3.34. The monoisotopic (exact) mass is 457 g/mol. The molecule has 6 nitrogen and oxygen atoms in total. The number of likely N-dealkylation sites (tertiary alicyclic amines) is 1. The Morgan fingerprint density at radius 2 is 2.07 bits per heavy atom. The molecule has 1 fully saturated rings. The lowest BCUT2D eigenvalue weighted by molar-refractivity contribution is 0.0737. The maximum Gasteiger partial charge on any atom is 0.275 e. The SMILES string of the molecule is Cn1cc(-c2ccc(F)cc2)c(C(=O)N2CCCC2CNc2ccc(Br)cn2)n1. The van der Waals surface area contributed by atoms with Gasteiger partial charge in [0.25, 0.3) is 5.91 Å². The van der Waals surface area contributed by atoms with Gasteiger partial charge in [-0.3, -0.25) is 9.48 Å². The highest BCUT2D eigenvalue weighted by atomic mass is 79.9. The highest BCUT2D eigenvalue weighted by Crippen LogP contribution is 2.27. The molecular formula is C21H21BrFN5O. The lowest BCUT2D eigenvalue weighted by Gasteiger charge is -2.25. The Labute approximate surface area is 176 Å². The molecule has 1 aromatic carbocycles. The van der Waals surface area contributed by atoms with Crippen molar-refractivity contribution in [1.29, 1.82) is 0 Å². The molecule has 29 heavy (non-hydrogen) atoms. The van der Waals surface area contributed by atoms with Crippen molar-refractivity contribution in [2.75, 3.05) is 18.4 Å². The second-order valence-electron chi connectivity index (χ2n) is 7.11. The summed E-state index contributed by atoms with van der Waals surface area (Å²) in [5, 5.41) is 7.72. The number of hydrogen-bond donors (Lipinski definition) is 1. The van der Waals surface area contributed by atoms with Crippen molar-refractivity contribution >= 4 is 27.7 Å². The number of aryl methyl sites for hydroxylation is 1. The zero-order chi connectivity index (χ0) is 20.4. The van der Waals surface area contributed by atoms with E-state index in [1.807, 2.05) is 17.0 Å². The van der Waals surface area contributed by atoms with Gasteiger partial charge in [0.1, 0.15) is 11.6 Å². The second kappa shape index (κ2) is 8.32. The van der Waals surface area contributed by atoms with E-state index in [-0.39, 0.29) is 17.8 Å². The number of hydrogen-bond acceptors (Lipinski definition) is 4. The summed E-state index contributed by atoms with van der Waals surface area (Å²) in [6.07, 6.45) is 5.41. The fraction of sp³-hybridized carbons (Fsp3) is 0.286. The summed E-state index contributed by atoms with van der Waals surface area (Å²) >= 11 is 3.38. The van der Waals surface area contributed by atoms with Crippen LogP contribution >= 0.6 is 15.9 Å². The van der Waals surface area contributed by atoms with Crippen molar-refractivity contribution in [3.8, 4) is 11.1 Å². The van der Waals surface area contributed by atoms with E-state index in [2.05, 4.69) is 31.3 Å². The van der Waals surface area contributed by atoms with E-state index in [4.69, 9.17) is 0 Å². The highest BCUT2D eigenvalue weighted by Gasteiger charge is 2.32. The molecule has 2 aromatic heterocycles. The smallest absolute Gasteiger partial charge is 0.275 e. The van der Waals surface area contributed by atoms with Crippen LogP contribution in [-0.2, 0) is 7.05 Å². The molecule has 3 heterocycles. The van der Waals surface area contributed by atoms with Crippen molar-refractivity contribution in [2.45, 2.75) is 18.9 Å². The molecule has 1 unspecified atom stereocenters. The first kappa shape index (κ1) is 19.6.